The van der Waals surface area contributed by atoms with Crippen molar-refractivity contribution in [2.45, 2.75) is 0 Å². The normalized spacial score (nSPS) is 14.0. The molecule has 1 amide bonds. The molecule has 0 bridgehead atoms. The summed E-state index contributed by atoms with van der Waals surface area (Å²) in [5.41, 5.74) is 15.1. The van der Waals surface area contributed by atoms with E-state index < -0.39 is 0 Å². The maximum atomic E-state index is 12.8. The monoisotopic (exact) mass is 282 g/mol. The van der Waals surface area contributed by atoms with E-state index in [1.54, 1.807) is 23.1 Å². The standard InChI is InChI=1S/C16H18N4O/c1-19-6-7-20(15-5-3-2-4-14(15)19)16(21)11-8-12(17)10-13(18)9-11/h2-5,8-10H,6-7,17-18H2,1H3. The Morgan fingerprint density at radius 2 is 1.62 bits per heavy atom. The van der Waals surface area contributed by atoms with Crippen molar-refractivity contribution in [2.75, 3.05) is 41.4 Å². The average molecular weight is 282 g/mol. The summed E-state index contributed by atoms with van der Waals surface area (Å²) < 4.78 is 0. The molecule has 0 radical (unpaired) electrons. The fraction of sp³-hybridized carbons (Fsp3) is 0.188. The lowest BCUT2D eigenvalue weighted by atomic mass is 10.1. The van der Waals surface area contributed by atoms with Gasteiger partial charge in [0.05, 0.1) is 11.4 Å². The molecule has 0 saturated heterocycles. The minimum absolute atomic E-state index is 0.0745. The Bertz CT molecular complexity index is 678. The quantitative estimate of drug-likeness (QED) is 0.784. The molecule has 3 rings (SSSR count). The van der Waals surface area contributed by atoms with Crippen LogP contribution in [-0.2, 0) is 0 Å². The first kappa shape index (κ1) is 13.3. The second-order valence-electron chi connectivity index (χ2n) is 5.26. The fourth-order valence-corrected chi connectivity index (χ4v) is 2.67. The smallest absolute Gasteiger partial charge is 0.258 e. The molecule has 2 aromatic rings. The highest BCUT2D eigenvalue weighted by molar-refractivity contribution is 6.09. The van der Waals surface area contributed by atoms with E-state index >= 15 is 0 Å². The van der Waals surface area contributed by atoms with E-state index in [1.165, 1.54) is 0 Å². The number of hydrogen-bond donors (Lipinski definition) is 2. The molecular weight excluding hydrogens is 264 g/mol. The van der Waals surface area contributed by atoms with Crippen LogP contribution in [0.3, 0.4) is 0 Å². The van der Waals surface area contributed by atoms with Crippen molar-refractivity contribution in [3.8, 4) is 0 Å². The molecule has 1 aliphatic rings. The number of carbonyl (C=O) groups is 1. The molecule has 0 fully saturated rings. The number of hydrogen-bond acceptors (Lipinski definition) is 4. The number of rotatable bonds is 1. The molecule has 0 saturated carbocycles. The zero-order valence-corrected chi connectivity index (χ0v) is 11.9. The highest BCUT2D eigenvalue weighted by Gasteiger charge is 2.25. The summed E-state index contributed by atoms with van der Waals surface area (Å²) in [5.74, 6) is -0.0745. The zero-order valence-electron chi connectivity index (χ0n) is 11.9. The maximum absolute atomic E-state index is 12.8. The lowest BCUT2D eigenvalue weighted by molar-refractivity contribution is 0.0987. The zero-order chi connectivity index (χ0) is 15.0. The third-order valence-corrected chi connectivity index (χ3v) is 3.71. The van der Waals surface area contributed by atoms with Gasteiger partial charge in [-0.05, 0) is 30.3 Å². The first-order valence-electron chi connectivity index (χ1n) is 6.84. The predicted octanol–water partition coefficient (Wildman–Crippen LogP) is 1.95. The SMILES string of the molecule is CN1CCN(C(=O)c2cc(N)cc(N)c2)c2ccccc21. The van der Waals surface area contributed by atoms with Crippen LogP contribution in [0.1, 0.15) is 10.4 Å². The Hall–Kier alpha value is -2.69. The van der Waals surface area contributed by atoms with Crippen molar-refractivity contribution in [2.24, 2.45) is 0 Å². The summed E-state index contributed by atoms with van der Waals surface area (Å²) in [5, 5.41) is 0. The number of likely N-dealkylation sites (N-methyl/N-ethyl adjacent to an activating group) is 1. The fourth-order valence-electron chi connectivity index (χ4n) is 2.67. The Morgan fingerprint density at radius 1 is 1.00 bits per heavy atom. The van der Waals surface area contributed by atoms with E-state index in [0.29, 0.717) is 23.5 Å². The van der Waals surface area contributed by atoms with E-state index in [-0.39, 0.29) is 5.91 Å². The van der Waals surface area contributed by atoms with Crippen molar-refractivity contribution in [3.63, 3.8) is 0 Å². The molecule has 0 atom stereocenters. The van der Waals surface area contributed by atoms with E-state index in [1.807, 2.05) is 31.3 Å². The average Bonchev–Trinajstić information content (AvgIpc) is 2.46. The van der Waals surface area contributed by atoms with Gasteiger partial charge < -0.3 is 21.3 Å². The van der Waals surface area contributed by atoms with E-state index in [2.05, 4.69) is 4.90 Å². The number of fused-ring (bicyclic) bond motifs is 1. The number of nitrogens with two attached hydrogens (primary N) is 2. The molecule has 108 valence electrons. The summed E-state index contributed by atoms with van der Waals surface area (Å²) >= 11 is 0. The maximum Gasteiger partial charge on any atom is 0.258 e. The molecule has 0 unspecified atom stereocenters. The van der Waals surface area contributed by atoms with E-state index in [9.17, 15) is 4.79 Å². The number of para-hydroxylation sites is 2. The first-order valence-corrected chi connectivity index (χ1v) is 6.84. The van der Waals surface area contributed by atoms with Crippen molar-refractivity contribution in [1.82, 2.24) is 0 Å². The second kappa shape index (κ2) is 5.01. The molecule has 0 aromatic heterocycles. The van der Waals surface area contributed by atoms with Gasteiger partial charge in [0.25, 0.3) is 5.91 Å². The summed E-state index contributed by atoms with van der Waals surface area (Å²) in [6.07, 6.45) is 0. The van der Waals surface area contributed by atoms with Crippen LogP contribution < -0.4 is 21.3 Å². The van der Waals surface area contributed by atoms with Crippen molar-refractivity contribution < 1.29 is 4.79 Å². The van der Waals surface area contributed by atoms with Crippen LogP contribution in [-0.4, -0.2) is 26.0 Å². The van der Waals surface area contributed by atoms with Gasteiger partial charge in [0.1, 0.15) is 0 Å². The molecule has 5 nitrogen and oxygen atoms in total. The van der Waals surface area contributed by atoms with Gasteiger partial charge >= 0.3 is 0 Å². The van der Waals surface area contributed by atoms with Crippen molar-refractivity contribution in [1.29, 1.82) is 0 Å². The molecule has 21 heavy (non-hydrogen) atoms. The van der Waals surface area contributed by atoms with Gasteiger partial charge in [0.2, 0.25) is 0 Å². The third kappa shape index (κ3) is 2.38. The van der Waals surface area contributed by atoms with Crippen LogP contribution >= 0.6 is 0 Å². The number of nitrogen functional groups attached to an aromatic ring is 2. The summed E-state index contributed by atoms with van der Waals surface area (Å²) in [6.45, 7) is 1.43. The number of carbonyl (C=O) groups excluding carboxylic acids is 1. The molecule has 0 aliphatic carbocycles. The van der Waals surface area contributed by atoms with Gasteiger partial charge in [0.15, 0.2) is 0 Å². The van der Waals surface area contributed by atoms with Crippen LogP contribution in [0.2, 0.25) is 0 Å². The van der Waals surface area contributed by atoms with Crippen LogP contribution in [0.4, 0.5) is 22.7 Å². The topological polar surface area (TPSA) is 75.6 Å². The van der Waals surface area contributed by atoms with E-state index in [4.69, 9.17) is 11.5 Å². The molecule has 1 heterocycles. The molecule has 1 aliphatic heterocycles. The molecule has 5 heteroatoms. The summed E-state index contributed by atoms with van der Waals surface area (Å²) in [4.78, 5) is 16.7. The molecule has 2 aromatic carbocycles. The Balaban J connectivity index is 2.01. The van der Waals surface area contributed by atoms with Crippen LogP contribution in [0.15, 0.2) is 42.5 Å². The molecule has 4 N–H and O–H groups in total. The Morgan fingerprint density at radius 3 is 2.29 bits per heavy atom. The number of amides is 1. The minimum Gasteiger partial charge on any atom is -0.399 e. The minimum atomic E-state index is -0.0745. The lowest BCUT2D eigenvalue weighted by Crippen LogP contribution is -2.42. The second-order valence-corrected chi connectivity index (χ2v) is 5.26. The molecular formula is C16H18N4O. The van der Waals surface area contributed by atoms with Crippen LogP contribution in [0.25, 0.3) is 0 Å². The Kier molecular flexibility index (Phi) is 3.17. The molecule has 0 spiro atoms. The van der Waals surface area contributed by atoms with Gasteiger partial charge in [-0.15, -0.1) is 0 Å². The highest BCUT2D eigenvalue weighted by atomic mass is 16.2. The lowest BCUT2D eigenvalue weighted by Gasteiger charge is -2.35. The third-order valence-electron chi connectivity index (χ3n) is 3.71. The van der Waals surface area contributed by atoms with Crippen LogP contribution in [0.5, 0.6) is 0 Å². The summed E-state index contributed by atoms with van der Waals surface area (Å²) in [7, 11) is 2.03. The first-order chi connectivity index (χ1) is 10.1. The van der Waals surface area contributed by atoms with Crippen molar-refractivity contribution in [3.05, 3.63) is 48.0 Å². The van der Waals surface area contributed by atoms with Gasteiger partial charge in [-0.3, -0.25) is 4.79 Å². The van der Waals surface area contributed by atoms with Crippen molar-refractivity contribution >= 4 is 28.7 Å². The number of anilines is 4. The van der Waals surface area contributed by atoms with Gasteiger partial charge in [0, 0.05) is 37.1 Å². The summed E-state index contributed by atoms with van der Waals surface area (Å²) in [6, 6.07) is 12.9. The highest BCUT2D eigenvalue weighted by Crippen LogP contribution is 2.33. The van der Waals surface area contributed by atoms with Gasteiger partial charge in [-0.25, -0.2) is 0 Å². The largest absolute Gasteiger partial charge is 0.399 e. The van der Waals surface area contributed by atoms with Gasteiger partial charge in [-0.1, -0.05) is 12.1 Å². The number of nitrogens with zero attached hydrogens (tertiary/aromatic N) is 2. The predicted molar refractivity (Wildman–Crippen MR) is 86.7 cm³/mol. The number of benzene rings is 2. The Labute approximate surface area is 123 Å². The van der Waals surface area contributed by atoms with Gasteiger partial charge in [-0.2, -0.15) is 0 Å². The van der Waals surface area contributed by atoms with E-state index in [0.717, 1.165) is 17.9 Å². The van der Waals surface area contributed by atoms with Crippen LogP contribution in [0, 0.1) is 0 Å².